The molecule has 14 heavy (non-hydrogen) atoms. The molecule has 0 N–H and O–H groups in total. The summed E-state index contributed by atoms with van der Waals surface area (Å²) in [6.45, 7) is 1.68. The molecular weight excluding hydrogens is 182 g/mol. The Morgan fingerprint density at radius 2 is 2.36 bits per heavy atom. The Morgan fingerprint density at radius 3 is 2.86 bits per heavy atom. The molecule has 1 rings (SSSR count). The Balaban J connectivity index is 2.72. The molecule has 0 saturated heterocycles. The third kappa shape index (κ3) is 3.14. The van der Waals surface area contributed by atoms with Crippen LogP contribution in [0, 0.1) is 0 Å². The van der Waals surface area contributed by atoms with Crippen molar-refractivity contribution in [1.82, 2.24) is 4.98 Å². The van der Waals surface area contributed by atoms with E-state index >= 15 is 0 Å². The highest BCUT2D eigenvalue weighted by Crippen LogP contribution is 2.14. The average molecular weight is 195 g/mol. The number of esters is 1. The van der Waals surface area contributed by atoms with Gasteiger partial charge in [0.2, 0.25) is 0 Å². The Hall–Kier alpha value is -1.42. The minimum absolute atomic E-state index is 0.316. The Morgan fingerprint density at radius 1 is 1.57 bits per heavy atom. The van der Waals surface area contributed by atoms with Gasteiger partial charge in [0.15, 0.2) is 6.10 Å². The molecule has 4 heteroatoms. The van der Waals surface area contributed by atoms with Gasteiger partial charge >= 0.3 is 5.97 Å². The number of pyridine rings is 1. The van der Waals surface area contributed by atoms with Crippen LogP contribution in [-0.4, -0.2) is 24.7 Å². The van der Waals surface area contributed by atoms with Crippen molar-refractivity contribution in [3.05, 3.63) is 30.1 Å². The van der Waals surface area contributed by atoms with Crippen LogP contribution in [0.4, 0.5) is 0 Å². The lowest BCUT2D eigenvalue weighted by atomic mass is 10.2. The topological polar surface area (TPSA) is 48.4 Å². The number of carbonyl (C=O) groups excluding carboxylic acids is 1. The first-order valence-corrected chi connectivity index (χ1v) is 4.31. The van der Waals surface area contributed by atoms with E-state index in [0.29, 0.717) is 12.3 Å². The highest BCUT2D eigenvalue weighted by atomic mass is 16.6. The molecule has 0 bridgehead atoms. The first kappa shape index (κ1) is 10.7. The van der Waals surface area contributed by atoms with Crippen molar-refractivity contribution in [1.29, 1.82) is 0 Å². The third-order valence-corrected chi connectivity index (χ3v) is 1.64. The van der Waals surface area contributed by atoms with Gasteiger partial charge in [-0.3, -0.25) is 9.78 Å². The minimum atomic E-state index is -0.418. The highest BCUT2D eigenvalue weighted by Gasteiger charge is 2.14. The van der Waals surface area contributed by atoms with E-state index in [4.69, 9.17) is 9.47 Å². The number of methoxy groups -OCH3 is 1. The molecule has 0 aromatic carbocycles. The zero-order chi connectivity index (χ0) is 10.4. The molecule has 1 aromatic heterocycles. The van der Waals surface area contributed by atoms with E-state index in [-0.39, 0.29) is 5.97 Å². The van der Waals surface area contributed by atoms with Gasteiger partial charge in [-0.05, 0) is 12.1 Å². The molecule has 0 amide bonds. The minimum Gasteiger partial charge on any atom is -0.454 e. The zero-order valence-corrected chi connectivity index (χ0v) is 8.27. The van der Waals surface area contributed by atoms with Crippen LogP contribution in [0.5, 0.6) is 0 Å². The van der Waals surface area contributed by atoms with Crippen LogP contribution in [0.3, 0.4) is 0 Å². The maximum Gasteiger partial charge on any atom is 0.303 e. The summed E-state index contributed by atoms with van der Waals surface area (Å²) < 4.78 is 9.99. The standard InChI is InChI=1S/C10H13NO3/c1-8(12)14-10(7-13-2)9-5-3-4-6-11-9/h3-6,10H,7H2,1-2H3. The molecule has 0 saturated carbocycles. The Kier molecular flexibility index (Phi) is 4.07. The summed E-state index contributed by atoms with van der Waals surface area (Å²) in [6.07, 6.45) is 1.24. The van der Waals surface area contributed by atoms with Crippen LogP contribution in [0.2, 0.25) is 0 Å². The second-order valence-corrected chi connectivity index (χ2v) is 2.81. The summed E-state index contributed by atoms with van der Waals surface area (Å²) in [5.41, 5.74) is 0.699. The fraction of sp³-hybridized carbons (Fsp3) is 0.400. The van der Waals surface area contributed by atoms with Crippen LogP contribution < -0.4 is 0 Å². The second-order valence-electron chi connectivity index (χ2n) is 2.81. The van der Waals surface area contributed by atoms with E-state index in [0.717, 1.165) is 0 Å². The molecular formula is C10H13NO3. The molecule has 0 aliphatic heterocycles. The van der Waals surface area contributed by atoms with E-state index in [1.54, 1.807) is 25.4 Å². The SMILES string of the molecule is COCC(OC(C)=O)c1ccccn1. The summed E-state index contributed by atoms with van der Waals surface area (Å²) in [7, 11) is 1.55. The van der Waals surface area contributed by atoms with Gasteiger partial charge in [0, 0.05) is 20.2 Å². The first-order chi connectivity index (χ1) is 6.74. The predicted octanol–water partition coefficient (Wildman–Crippen LogP) is 1.33. The number of aromatic nitrogens is 1. The normalized spacial score (nSPS) is 12.1. The maximum absolute atomic E-state index is 10.8. The van der Waals surface area contributed by atoms with Crippen LogP contribution in [-0.2, 0) is 14.3 Å². The van der Waals surface area contributed by atoms with E-state index in [9.17, 15) is 4.79 Å². The van der Waals surface area contributed by atoms with Gasteiger partial charge in [0.25, 0.3) is 0 Å². The molecule has 0 aliphatic carbocycles. The van der Waals surface area contributed by atoms with Crippen molar-refractivity contribution in [2.24, 2.45) is 0 Å². The molecule has 1 atom stereocenters. The molecule has 1 aromatic rings. The van der Waals surface area contributed by atoms with Gasteiger partial charge in [-0.15, -0.1) is 0 Å². The first-order valence-electron chi connectivity index (χ1n) is 4.31. The second kappa shape index (κ2) is 5.34. The van der Waals surface area contributed by atoms with Crippen molar-refractivity contribution >= 4 is 5.97 Å². The molecule has 4 nitrogen and oxygen atoms in total. The van der Waals surface area contributed by atoms with Gasteiger partial charge in [-0.1, -0.05) is 6.07 Å². The van der Waals surface area contributed by atoms with Gasteiger partial charge in [0.05, 0.1) is 12.3 Å². The van der Waals surface area contributed by atoms with Crippen LogP contribution in [0.1, 0.15) is 18.7 Å². The number of carbonyl (C=O) groups is 1. The van der Waals surface area contributed by atoms with Gasteiger partial charge < -0.3 is 9.47 Å². The lowest BCUT2D eigenvalue weighted by Gasteiger charge is -2.14. The predicted molar refractivity (Wildman–Crippen MR) is 50.6 cm³/mol. The van der Waals surface area contributed by atoms with Crippen molar-refractivity contribution in [3.63, 3.8) is 0 Å². The highest BCUT2D eigenvalue weighted by molar-refractivity contribution is 5.66. The van der Waals surface area contributed by atoms with E-state index in [2.05, 4.69) is 4.98 Å². The summed E-state index contributed by atoms with van der Waals surface area (Å²) >= 11 is 0. The van der Waals surface area contributed by atoms with E-state index in [1.807, 2.05) is 6.07 Å². The number of nitrogens with zero attached hydrogens (tertiary/aromatic N) is 1. The summed E-state index contributed by atoms with van der Waals surface area (Å²) in [5, 5.41) is 0. The monoisotopic (exact) mass is 195 g/mol. The quantitative estimate of drug-likeness (QED) is 0.680. The van der Waals surface area contributed by atoms with Gasteiger partial charge in [0.1, 0.15) is 0 Å². The average Bonchev–Trinajstić information content (AvgIpc) is 2.18. The molecule has 76 valence electrons. The lowest BCUT2D eigenvalue weighted by molar-refractivity contribution is -0.149. The molecule has 0 fully saturated rings. The van der Waals surface area contributed by atoms with Crippen LogP contribution in [0.15, 0.2) is 24.4 Å². The Labute approximate surface area is 82.9 Å². The number of hydrogen-bond donors (Lipinski definition) is 0. The number of hydrogen-bond acceptors (Lipinski definition) is 4. The van der Waals surface area contributed by atoms with Gasteiger partial charge in [-0.2, -0.15) is 0 Å². The zero-order valence-electron chi connectivity index (χ0n) is 8.27. The molecule has 0 radical (unpaired) electrons. The van der Waals surface area contributed by atoms with Crippen LogP contribution >= 0.6 is 0 Å². The van der Waals surface area contributed by atoms with Crippen LogP contribution in [0.25, 0.3) is 0 Å². The molecule has 0 spiro atoms. The van der Waals surface area contributed by atoms with E-state index < -0.39 is 6.10 Å². The summed E-state index contributed by atoms with van der Waals surface area (Å²) in [4.78, 5) is 14.9. The maximum atomic E-state index is 10.8. The molecule has 0 aliphatic rings. The van der Waals surface area contributed by atoms with Crippen molar-refractivity contribution < 1.29 is 14.3 Å². The van der Waals surface area contributed by atoms with Crippen molar-refractivity contribution in [2.75, 3.05) is 13.7 Å². The number of rotatable bonds is 4. The smallest absolute Gasteiger partial charge is 0.303 e. The van der Waals surface area contributed by atoms with E-state index in [1.165, 1.54) is 6.92 Å². The summed E-state index contributed by atoms with van der Waals surface area (Å²) in [6, 6.07) is 5.45. The summed E-state index contributed by atoms with van der Waals surface area (Å²) in [5.74, 6) is -0.335. The lowest BCUT2D eigenvalue weighted by Crippen LogP contribution is -2.14. The molecule has 1 unspecified atom stereocenters. The number of ether oxygens (including phenoxy) is 2. The van der Waals surface area contributed by atoms with Crippen molar-refractivity contribution in [2.45, 2.75) is 13.0 Å². The third-order valence-electron chi connectivity index (χ3n) is 1.64. The largest absolute Gasteiger partial charge is 0.454 e. The fourth-order valence-corrected chi connectivity index (χ4v) is 1.10. The Bertz CT molecular complexity index is 287. The van der Waals surface area contributed by atoms with Crippen molar-refractivity contribution in [3.8, 4) is 0 Å². The van der Waals surface area contributed by atoms with Gasteiger partial charge in [-0.25, -0.2) is 0 Å². The fourth-order valence-electron chi connectivity index (χ4n) is 1.10. The molecule has 1 heterocycles.